The molecule has 0 fully saturated rings. The van der Waals surface area contributed by atoms with Crippen molar-refractivity contribution < 1.29 is 4.65 Å². The molecule has 19 heavy (non-hydrogen) atoms. The summed E-state index contributed by atoms with van der Waals surface area (Å²) >= 11 is 0. The van der Waals surface area contributed by atoms with E-state index in [1.54, 1.807) is 0 Å². The molecule has 3 heteroatoms. The molecule has 0 amide bonds. The van der Waals surface area contributed by atoms with Crippen LogP contribution in [0.15, 0.2) is 54.6 Å². The molecule has 0 bridgehead atoms. The van der Waals surface area contributed by atoms with Crippen LogP contribution in [0.25, 0.3) is 0 Å². The number of hydrogen-bond donors (Lipinski definition) is 1. The van der Waals surface area contributed by atoms with Crippen LogP contribution < -0.4 is 16.2 Å². The topological polar surface area (TPSA) is 21.3 Å². The number of rotatable bonds is 6. The van der Waals surface area contributed by atoms with Crippen molar-refractivity contribution >= 4 is 17.8 Å². The largest absolute Gasteiger partial charge is 0.426 e. The Balaban J connectivity index is 2.21. The SMILES string of the molecule is CNCCOB(c1ccccc1)c1ccc(C)cc1. The average molecular weight is 253 g/mol. The molecule has 0 spiro atoms. The van der Waals surface area contributed by atoms with Gasteiger partial charge in [-0.25, -0.2) is 0 Å². The van der Waals surface area contributed by atoms with Crippen LogP contribution >= 0.6 is 0 Å². The summed E-state index contributed by atoms with van der Waals surface area (Å²) in [5, 5.41) is 3.11. The molecule has 0 saturated carbocycles. The predicted octanol–water partition coefficient (Wildman–Crippen LogP) is 1.34. The molecule has 1 N–H and O–H groups in total. The highest BCUT2D eigenvalue weighted by Gasteiger charge is 2.20. The molecule has 0 aliphatic rings. The first-order valence-corrected chi connectivity index (χ1v) is 6.69. The summed E-state index contributed by atoms with van der Waals surface area (Å²) in [5.41, 5.74) is 3.67. The maximum Gasteiger partial charge on any atom is 0.361 e. The third-order valence-electron chi connectivity index (χ3n) is 3.12. The molecule has 2 aromatic rings. The van der Waals surface area contributed by atoms with Crippen molar-refractivity contribution in [3.8, 4) is 0 Å². The van der Waals surface area contributed by atoms with Crippen LogP contribution in [-0.4, -0.2) is 27.1 Å². The smallest absolute Gasteiger partial charge is 0.361 e. The van der Waals surface area contributed by atoms with Gasteiger partial charge in [0.15, 0.2) is 0 Å². The van der Waals surface area contributed by atoms with Gasteiger partial charge in [-0.2, -0.15) is 0 Å². The lowest BCUT2D eigenvalue weighted by Crippen LogP contribution is -2.45. The minimum absolute atomic E-state index is 0.00940. The van der Waals surface area contributed by atoms with E-state index in [0.717, 1.165) is 6.54 Å². The third kappa shape index (κ3) is 3.95. The number of benzene rings is 2. The Morgan fingerprint density at radius 1 is 0.947 bits per heavy atom. The summed E-state index contributed by atoms with van der Waals surface area (Å²) in [6, 6.07) is 18.9. The normalized spacial score (nSPS) is 10.4. The molecule has 0 aliphatic heterocycles. The van der Waals surface area contributed by atoms with Crippen molar-refractivity contribution in [1.29, 1.82) is 0 Å². The summed E-state index contributed by atoms with van der Waals surface area (Å²) < 4.78 is 6.03. The Morgan fingerprint density at radius 2 is 1.58 bits per heavy atom. The zero-order valence-corrected chi connectivity index (χ0v) is 11.6. The molecule has 0 atom stereocenters. The number of likely N-dealkylation sites (N-methyl/N-ethyl adjacent to an activating group) is 1. The van der Waals surface area contributed by atoms with Crippen LogP contribution in [-0.2, 0) is 4.65 Å². The second-order valence-corrected chi connectivity index (χ2v) is 4.68. The highest BCUT2D eigenvalue weighted by atomic mass is 16.4. The van der Waals surface area contributed by atoms with Gasteiger partial charge in [0.1, 0.15) is 0 Å². The molecular formula is C16H20BNO. The molecule has 2 aromatic carbocycles. The van der Waals surface area contributed by atoms with Crippen LogP contribution in [0.4, 0.5) is 0 Å². The minimum Gasteiger partial charge on any atom is -0.426 e. The second kappa shape index (κ2) is 7.12. The lowest BCUT2D eigenvalue weighted by atomic mass is 9.55. The van der Waals surface area contributed by atoms with E-state index in [2.05, 4.69) is 60.8 Å². The Bertz CT molecular complexity index is 484. The van der Waals surface area contributed by atoms with E-state index in [1.165, 1.54) is 16.5 Å². The maximum atomic E-state index is 6.03. The van der Waals surface area contributed by atoms with Gasteiger partial charge in [0.2, 0.25) is 0 Å². The molecule has 0 aromatic heterocycles. The Labute approximate surface area is 115 Å². The fourth-order valence-corrected chi connectivity index (χ4v) is 2.03. The molecule has 0 radical (unpaired) electrons. The van der Waals surface area contributed by atoms with E-state index >= 15 is 0 Å². The lowest BCUT2D eigenvalue weighted by molar-refractivity contribution is 0.333. The van der Waals surface area contributed by atoms with Crippen molar-refractivity contribution in [3.63, 3.8) is 0 Å². The van der Waals surface area contributed by atoms with Gasteiger partial charge in [-0.1, -0.05) is 60.2 Å². The van der Waals surface area contributed by atoms with Gasteiger partial charge in [-0.05, 0) is 24.9 Å². The third-order valence-corrected chi connectivity index (χ3v) is 3.12. The van der Waals surface area contributed by atoms with E-state index in [1.807, 2.05) is 13.1 Å². The summed E-state index contributed by atoms with van der Waals surface area (Å²) in [4.78, 5) is 0. The Hall–Kier alpha value is -1.58. The van der Waals surface area contributed by atoms with Gasteiger partial charge in [-0.3, -0.25) is 0 Å². The lowest BCUT2D eigenvalue weighted by Gasteiger charge is -2.15. The first-order chi connectivity index (χ1) is 9.31. The van der Waals surface area contributed by atoms with Gasteiger partial charge in [-0.15, -0.1) is 0 Å². The monoisotopic (exact) mass is 253 g/mol. The molecule has 0 unspecified atom stereocenters. The van der Waals surface area contributed by atoms with Gasteiger partial charge in [0.05, 0.1) is 0 Å². The summed E-state index contributed by atoms with van der Waals surface area (Å²) in [7, 11) is 1.94. The van der Waals surface area contributed by atoms with Crippen LogP contribution in [0.3, 0.4) is 0 Å². The first-order valence-electron chi connectivity index (χ1n) is 6.69. The molecule has 0 aliphatic carbocycles. The van der Waals surface area contributed by atoms with Crippen LogP contribution in [0.2, 0.25) is 0 Å². The van der Waals surface area contributed by atoms with Gasteiger partial charge < -0.3 is 9.97 Å². The first kappa shape index (κ1) is 13.8. The highest BCUT2D eigenvalue weighted by molar-refractivity contribution is 6.80. The van der Waals surface area contributed by atoms with E-state index in [0.29, 0.717) is 6.61 Å². The fourth-order valence-electron chi connectivity index (χ4n) is 2.03. The molecule has 2 rings (SSSR count). The van der Waals surface area contributed by atoms with E-state index in [4.69, 9.17) is 4.65 Å². The van der Waals surface area contributed by atoms with Crippen LogP contribution in [0, 0.1) is 6.92 Å². The number of hydrogen-bond acceptors (Lipinski definition) is 2. The molecule has 0 saturated heterocycles. The van der Waals surface area contributed by atoms with Crippen molar-refractivity contribution in [2.24, 2.45) is 0 Å². The average Bonchev–Trinajstić information content (AvgIpc) is 2.46. The molecular weight excluding hydrogens is 233 g/mol. The Kier molecular flexibility index (Phi) is 5.19. The molecule has 0 heterocycles. The number of aryl methyl sites for hydroxylation is 1. The zero-order chi connectivity index (χ0) is 13.5. The van der Waals surface area contributed by atoms with Crippen molar-refractivity contribution in [1.82, 2.24) is 5.32 Å². The van der Waals surface area contributed by atoms with E-state index in [9.17, 15) is 0 Å². The van der Waals surface area contributed by atoms with Crippen LogP contribution in [0.1, 0.15) is 5.56 Å². The Morgan fingerprint density at radius 3 is 2.21 bits per heavy atom. The quantitative estimate of drug-likeness (QED) is 0.619. The molecule has 2 nitrogen and oxygen atoms in total. The summed E-state index contributed by atoms with van der Waals surface area (Å²) in [5.74, 6) is 0. The van der Waals surface area contributed by atoms with Gasteiger partial charge in [0.25, 0.3) is 0 Å². The standard InChI is InChI=1S/C16H20BNO/c1-14-8-10-16(11-9-14)17(19-13-12-18-2)15-6-4-3-5-7-15/h3-11,18H,12-13H2,1-2H3. The van der Waals surface area contributed by atoms with Crippen molar-refractivity contribution in [2.75, 3.05) is 20.2 Å². The van der Waals surface area contributed by atoms with Crippen molar-refractivity contribution in [2.45, 2.75) is 6.92 Å². The van der Waals surface area contributed by atoms with Gasteiger partial charge in [0, 0.05) is 13.2 Å². The predicted molar refractivity (Wildman–Crippen MR) is 82.5 cm³/mol. The fraction of sp³-hybridized carbons (Fsp3) is 0.250. The summed E-state index contributed by atoms with van der Waals surface area (Å²) in [6.45, 7) is 3.66. The van der Waals surface area contributed by atoms with Crippen molar-refractivity contribution in [3.05, 3.63) is 60.2 Å². The number of nitrogens with one attached hydrogen (secondary N) is 1. The zero-order valence-electron chi connectivity index (χ0n) is 11.6. The van der Waals surface area contributed by atoms with E-state index < -0.39 is 0 Å². The minimum atomic E-state index is 0.00940. The highest BCUT2D eigenvalue weighted by Crippen LogP contribution is 1.98. The second-order valence-electron chi connectivity index (χ2n) is 4.68. The van der Waals surface area contributed by atoms with E-state index in [-0.39, 0.29) is 6.92 Å². The summed E-state index contributed by atoms with van der Waals surface area (Å²) in [6.07, 6.45) is 0. The van der Waals surface area contributed by atoms with Crippen LogP contribution in [0.5, 0.6) is 0 Å². The molecule has 98 valence electrons. The van der Waals surface area contributed by atoms with Gasteiger partial charge >= 0.3 is 6.92 Å². The maximum absolute atomic E-state index is 6.03.